The lowest BCUT2D eigenvalue weighted by Gasteiger charge is -2.31. The lowest BCUT2D eigenvalue weighted by molar-refractivity contribution is 0.0697. The largest absolute Gasteiger partial charge is 0.478 e. The van der Waals surface area contributed by atoms with Crippen LogP contribution in [0.2, 0.25) is 5.02 Å². The van der Waals surface area contributed by atoms with E-state index in [-0.39, 0.29) is 0 Å². The van der Waals surface area contributed by atoms with E-state index in [1.807, 2.05) is 30.3 Å². The van der Waals surface area contributed by atoms with Gasteiger partial charge in [-0.3, -0.25) is 0 Å². The summed E-state index contributed by atoms with van der Waals surface area (Å²) in [6, 6.07) is 13.3. The third-order valence-electron chi connectivity index (χ3n) is 3.83. The number of nitrogens with zero attached hydrogens (tertiary/aromatic N) is 1. The van der Waals surface area contributed by atoms with Gasteiger partial charge in [-0.05, 0) is 54.3 Å². The number of aromatic carboxylic acids is 1. The molecule has 0 aromatic heterocycles. The molecule has 108 valence electrons. The van der Waals surface area contributed by atoms with Crippen LogP contribution in [0.4, 0.5) is 5.69 Å². The van der Waals surface area contributed by atoms with Crippen molar-refractivity contribution in [2.75, 3.05) is 11.4 Å². The van der Waals surface area contributed by atoms with Gasteiger partial charge in [0.05, 0.1) is 5.56 Å². The Balaban J connectivity index is 1.86. The van der Waals surface area contributed by atoms with E-state index in [0.29, 0.717) is 5.56 Å². The van der Waals surface area contributed by atoms with Crippen LogP contribution in [0.5, 0.6) is 0 Å². The third-order valence-corrected chi connectivity index (χ3v) is 4.08. The van der Waals surface area contributed by atoms with Gasteiger partial charge in [-0.25, -0.2) is 4.79 Å². The Morgan fingerprint density at radius 1 is 1.19 bits per heavy atom. The molecule has 2 aromatic carbocycles. The van der Waals surface area contributed by atoms with Crippen molar-refractivity contribution in [1.82, 2.24) is 0 Å². The van der Waals surface area contributed by atoms with Crippen molar-refractivity contribution in [3.63, 3.8) is 0 Å². The van der Waals surface area contributed by atoms with Crippen molar-refractivity contribution in [2.45, 2.75) is 19.4 Å². The summed E-state index contributed by atoms with van der Waals surface area (Å²) >= 11 is 5.91. The highest BCUT2D eigenvalue weighted by atomic mass is 35.5. The fraction of sp³-hybridized carbons (Fsp3) is 0.235. The predicted octanol–water partition coefficient (Wildman–Crippen LogP) is 3.99. The molecule has 0 spiro atoms. The van der Waals surface area contributed by atoms with Crippen molar-refractivity contribution < 1.29 is 9.90 Å². The van der Waals surface area contributed by atoms with Crippen LogP contribution < -0.4 is 4.90 Å². The molecule has 1 N–H and O–H groups in total. The van der Waals surface area contributed by atoms with Crippen molar-refractivity contribution in [3.8, 4) is 0 Å². The van der Waals surface area contributed by atoms with E-state index in [1.54, 1.807) is 12.1 Å². The van der Waals surface area contributed by atoms with Crippen LogP contribution >= 0.6 is 11.6 Å². The summed E-state index contributed by atoms with van der Waals surface area (Å²) in [4.78, 5) is 13.4. The summed E-state index contributed by atoms with van der Waals surface area (Å²) in [5.41, 5.74) is 3.83. The number of halogens is 1. The Labute approximate surface area is 128 Å². The molecule has 0 saturated carbocycles. The van der Waals surface area contributed by atoms with Crippen LogP contribution in [-0.4, -0.2) is 17.6 Å². The molecule has 1 heterocycles. The molecule has 0 fully saturated rings. The molecule has 0 atom stereocenters. The highest BCUT2D eigenvalue weighted by Gasteiger charge is 2.18. The monoisotopic (exact) mass is 301 g/mol. The zero-order chi connectivity index (χ0) is 14.8. The molecule has 0 unspecified atom stereocenters. The first-order chi connectivity index (χ1) is 10.1. The van der Waals surface area contributed by atoms with Crippen molar-refractivity contribution >= 4 is 23.3 Å². The molecular formula is C17H16ClNO2. The standard InChI is InChI=1S/C17H16ClNO2/c18-15-6-3-12(4-7-15)11-19-9-1-2-13-10-14(17(20)21)5-8-16(13)19/h3-8,10H,1-2,9,11H2,(H,20,21). The lowest BCUT2D eigenvalue weighted by atomic mass is 9.98. The molecular weight excluding hydrogens is 286 g/mol. The summed E-state index contributed by atoms with van der Waals surface area (Å²) in [5, 5.41) is 9.83. The van der Waals surface area contributed by atoms with E-state index in [1.165, 1.54) is 5.56 Å². The summed E-state index contributed by atoms with van der Waals surface area (Å²) in [7, 11) is 0. The number of anilines is 1. The zero-order valence-corrected chi connectivity index (χ0v) is 12.3. The highest BCUT2D eigenvalue weighted by Crippen LogP contribution is 2.29. The average molecular weight is 302 g/mol. The molecule has 21 heavy (non-hydrogen) atoms. The maximum absolute atomic E-state index is 11.1. The number of hydrogen-bond acceptors (Lipinski definition) is 2. The Morgan fingerprint density at radius 2 is 1.95 bits per heavy atom. The number of rotatable bonds is 3. The molecule has 3 rings (SSSR count). The van der Waals surface area contributed by atoms with Gasteiger partial charge in [0, 0.05) is 23.8 Å². The molecule has 1 aliphatic rings. The molecule has 4 heteroatoms. The number of fused-ring (bicyclic) bond motifs is 1. The van der Waals surface area contributed by atoms with Gasteiger partial charge in [-0.2, -0.15) is 0 Å². The molecule has 3 nitrogen and oxygen atoms in total. The Hall–Kier alpha value is -2.00. The maximum atomic E-state index is 11.1. The highest BCUT2D eigenvalue weighted by molar-refractivity contribution is 6.30. The quantitative estimate of drug-likeness (QED) is 0.932. The molecule has 2 aromatic rings. The van der Waals surface area contributed by atoms with Crippen LogP contribution in [-0.2, 0) is 13.0 Å². The van der Waals surface area contributed by atoms with Crippen molar-refractivity contribution in [1.29, 1.82) is 0 Å². The van der Waals surface area contributed by atoms with E-state index in [4.69, 9.17) is 16.7 Å². The van der Waals surface area contributed by atoms with Gasteiger partial charge < -0.3 is 10.0 Å². The van der Waals surface area contributed by atoms with Crippen LogP contribution in [0.25, 0.3) is 0 Å². The van der Waals surface area contributed by atoms with Gasteiger partial charge in [-0.1, -0.05) is 23.7 Å². The van der Waals surface area contributed by atoms with Crippen molar-refractivity contribution in [2.24, 2.45) is 0 Å². The van der Waals surface area contributed by atoms with Crippen LogP contribution in [0.1, 0.15) is 27.9 Å². The fourth-order valence-corrected chi connectivity index (χ4v) is 2.91. The molecule has 0 amide bonds. The first-order valence-corrected chi connectivity index (χ1v) is 7.37. The molecule has 0 saturated heterocycles. The van der Waals surface area contributed by atoms with Crippen molar-refractivity contribution in [3.05, 3.63) is 64.2 Å². The number of hydrogen-bond donors (Lipinski definition) is 1. The summed E-state index contributed by atoms with van der Waals surface area (Å²) < 4.78 is 0. The Kier molecular flexibility index (Phi) is 3.84. The second-order valence-electron chi connectivity index (χ2n) is 5.30. The Bertz CT molecular complexity index is 667. The third kappa shape index (κ3) is 3.03. The average Bonchev–Trinajstić information content (AvgIpc) is 2.49. The topological polar surface area (TPSA) is 40.5 Å². The first-order valence-electron chi connectivity index (χ1n) is 6.99. The second kappa shape index (κ2) is 5.78. The maximum Gasteiger partial charge on any atom is 0.335 e. The van der Waals surface area contributed by atoms with E-state index >= 15 is 0 Å². The number of carbonyl (C=O) groups is 1. The molecule has 0 aliphatic carbocycles. The van der Waals surface area contributed by atoms with Gasteiger partial charge in [0.1, 0.15) is 0 Å². The smallest absolute Gasteiger partial charge is 0.335 e. The van der Waals surface area contributed by atoms with E-state index in [0.717, 1.165) is 42.2 Å². The fourth-order valence-electron chi connectivity index (χ4n) is 2.78. The van der Waals surface area contributed by atoms with Gasteiger partial charge in [0.2, 0.25) is 0 Å². The van der Waals surface area contributed by atoms with E-state index < -0.39 is 5.97 Å². The van der Waals surface area contributed by atoms with Crippen LogP contribution in [0.15, 0.2) is 42.5 Å². The Morgan fingerprint density at radius 3 is 2.67 bits per heavy atom. The second-order valence-corrected chi connectivity index (χ2v) is 5.74. The number of aryl methyl sites for hydroxylation is 1. The van der Waals surface area contributed by atoms with E-state index in [2.05, 4.69) is 4.90 Å². The van der Waals surface area contributed by atoms with E-state index in [9.17, 15) is 4.79 Å². The zero-order valence-electron chi connectivity index (χ0n) is 11.6. The first kappa shape index (κ1) is 14.0. The van der Waals surface area contributed by atoms with Crippen LogP contribution in [0.3, 0.4) is 0 Å². The van der Waals surface area contributed by atoms with Gasteiger partial charge >= 0.3 is 5.97 Å². The minimum Gasteiger partial charge on any atom is -0.478 e. The van der Waals surface area contributed by atoms with Gasteiger partial charge in [0.15, 0.2) is 0 Å². The number of carboxylic acids is 1. The molecule has 1 aliphatic heterocycles. The number of carboxylic acid groups (broad SMARTS) is 1. The predicted molar refractivity (Wildman–Crippen MR) is 84.2 cm³/mol. The normalized spacial score (nSPS) is 13.9. The van der Waals surface area contributed by atoms with Crippen LogP contribution in [0, 0.1) is 0 Å². The van der Waals surface area contributed by atoms with Gasteiger partial charge in [-0.15, -0.1) is 0 Å². The lowest BCUT2D eigenvalue weighted by Crippen LogP contribution is -2.29. The van der Waals surface area contributed by atoms with Gasteiger partial charge in [0.25, 0.3) is 0 Å². The molecule has 0 bridgehead atoms. The minimum atomic E-state index is -0.868. The molecule has 0 radical (unpaired) electrons. The summed E-state index contributed by atoms with van der Waals surface area (Å²) in [5.74, 6) is -0.868. The summed E-state index contributed by atoms with van der Waals surface area (Å²) in [6.45, 7) is 1.80. The SMILES string of the molecule is O=C(O)c1ccc2c(c1)CCCN2Cc1ccc(Cl)cc1. The number of benzene rings is 2. The minimum absolute atomic E-state index is 0.363. The summed E-state index contributed by atoms with van der Waals surface area (Å²) in [6.07, 6.45) is 1.98.